The van der Waals surface area contributed by atoms with E-state index < -0.39 is 0 Å². The largest absolute Gasteiger partial charge is 0.497 e. The number of aromatic nitrogens is 5. The zero-order valence-corrected chi connectivity index (χ0v) is 18.2. The summed E-state index contributed by atoms with van der Waals surface area (Å²) >= 11 is 0. The van der Waals surface area contributed by atoms with E-state index in [4.69, 9.17) is 14.0 Å². The maximum absolute atomic E-state index is 12.6. The van der Waals surface area contributed by atoms with E-state index in [2.05, 4.69) is 25.4 Å². The Hall–Kier alpha value is -4.21. The Morgan fingerprint density at radius 3 is 2.79 bits per heavy atom. The van der Waals surface area contributed by atoms with Crippen molar-refractivity contribution in [3.63, 3.8) is 0 Å². The summed E-state index contributed by atoms with van der Waals surface area (Å²) in [7, 11) is 3.17. The zero-order valence-electron chi connectivity index (χ0n) is 18.2. The number of ether oxygens (including phenoxy) is 2. The van der Waals surface area contributed by atoms with Crippen molar-refractivity contribution >= 4 is 5.91 Å². The van der Waals surface area contributed by atoms with Gasteiger partial charge >= 0.3 is 0 Å². The molecule has 0 aliphatic heterocycles. The van der Waals surface area contributed by atoms with Crippen molar-refractivity contribution in [2.24, 2.45) is 0 Å². The summed E-state index contributed by atoms with van der Waals surface area (Å²) in [6.45, 7) is 0.270. The van der Waals surface area contributed by atoms with Gasteiger partial charge in [-0.2, -0.15) is 4.98 Å². The molecule has 0 bridgehead atoms. The van der Waals surface area contributed by atoms with Crippen molar-refractivity contribution in [3.8, 4) is 28.8 Å². The van der Waals surface area contributed by atoms with Crippen LogP contribution >= 0.6 is 0 Å². The summed E-state index contributed by atoms with van der Waals surface area (Å²) in [5, 5.41) is 6.88. The Morgan fingerprint density at radius 2 is 2.06 bits per heavy atom. The number of hydrogen-bond acceptors (Lipinski definition) is 8. The molecule has 0 spiro atoms. The molecular formula is C23H22N6O4. The minimum Gasteiger partial charge on any atom is -0.497 e. The first kappa shape index (κ1) is 20.7. The van der Waals surface area contributed by atoms with Gasteiger partial charge in [0.25, 0.3) is 11.8 Å². The number of methoxy groups -OCH3 is 2. The average molecular weight is 446 g/mol. The first-order chi connectivity index (χ1) is 16.1. The first-order valence-electron chi connectivity index (χ1n) is 10.5. The molecule has 0 unspecified atom stereocenters. The average Bonchev–Trinajstić information content (AvgIpc) is 3.38. The highest BCUT2D eigenvalue weighted by Gasteiger charge is 2.29. The maximum atomic E-state index is 12.6. The van der Waals surface area contributed by atoms with Crippen molar-refractivity contribution in [2.45, 2.75) is 25.3 Å². The van der Waals surface area contributed by atoms with E-state index in [9.17, 15) is 4.79 Å². The molecule has 1 aliphatic rings. The Kier molecular flexibility index (Phi) is 5.47. The highest BCUT2D eigenvalue weighted by atomic mass is 16.5. The number of rotatable bonds is 8. The molecule has 10 heteroatoms. The second-order valence-electron chi connectivity index (χ2n) is 7.66. The van der Waals surface area contributed by atoms with Crippen molar-refractivity contribution in [1.29, 1.82) is 0 Å². The highest BCUT2D eigenvalue weighted by Crippen LogP contribution is 2.38. The lowest BCUT2D eigenvalue weighted by molar-refractivity contribution is 0.0946. The third kappa shape index (κ3) is 4.40. The third-order valence-electron chi connectivity index (χ3n) is 5.39. The van der Waals surface area contributed by atoms with Crippen molar-refractivity contribution in [2.75, 3.05) is 14.2 Å². The maximum Gasteiger partial charge on any atom is 0.271 e. The van der Waals surface area contributed by atoms with Crippen LogP contribution in [0.3, 0.4) is 0 Å². The number of amides is 1. The van der Waals surface area contributed by atoms with Gasteiger partial charge in [0.1, 0.15) is 29.3 Å². The molecule has 0 radical (unpaired) electrons. The second-order valence-corrected chi connectivity index (χ2v) is 7.66. The van der Waals surface area contributed by atoms with Crippen LogP contribution in [0.15, 0.2) is 53.6 Å². The summed E-state index contributed by atoms with van der Waals surface area (Å²) in [6.07, 6.45) is 7.05. The molecule has 1 fully saturated rings. The standard InChI is InChI=1S/C23H22N6O4/c1-31-17-6-7-19(32-2)16(9-17)11-25-22(30)18-12-29(13-26-18)20-8-5-15(10-24-20)23-27-21(28-33-23)14-3-4-14/h5-10,12-14H,3-4,11H2,1-2H3,(H,25,30). The molecule has 1 saturated carbocycles. The number of carbonyl (C=O) groups excluding carboxylic acids is 1. The van der Waals surface area contributed by atoms with E-state index in [1.807, 2.05) is 12.1 Å². The van der Waals surface area contributed by atoms with Crippen LogP contribution < -0.4 is 14.8 Å². The van der Waals surface area contributed by atoms with Gasteiger partial charge in [0, 0.05) is 30.4 Å². The molecule has 5 rings (SSSR count). The van der Waals surface area contributed by atoms with E-state index in [0.717, 1.165) is 29.8 Å². The Morgan fingerprint density at radius 1 is 1.18 bits per heavy atom. The monoisotopic (exact) mass is 446 g/mol. The summed E-state index contributed by atoms with van der Waals surface area (Å²) < 4.78 is 17.6. The summed E-state index contributed by atoms with van der Waals surface area (Å²) in [4.78, 5) is 25.7. The number of imidazole rings is 1. The Bertz CT molecular complexity index is 1280. The topological polar surface area (TPSA) is 117 Å². The van der Waals surface area contributed by atoms with Crippen LogP contribution in [0, 0.1) is 0 Å². The molecule has 33 heavy (non-hydrogen) atoms. The molecule has 1 amide bonds. The van der Waals surface area contributed by atoms with Gasteiger partial charge in [0.15, 0.2) is 5.82 Å². The fourth-order valence-electron chi connectivity index (χ4n) is 3.38. The van der Waals surface area contributed by atoms with Crippen LogP contribution in [-0.2, 0) is 6.54 Å². The lowest BCUT2D eigenvalue weighted by Crippen LogP contribution is -2.23. The summed E-state index contributed by atoms with van der Waals surface area (Å²) in [6, 6.07) is 9.07. The Balaban J connectivity index is 1.25. The van der Waals surface area contributed by atoms with E-state index in [0.29, 0.717) is 29.1 Å². The van der Waals surface area contributed by atoms with Crippen LogP contribution in [0.25, 0.3) is 17.3 Å². The molecule has 1 aliphatic carbocycles. The van der Waals surface area contributed by atoms with Gasteiger partial charge in [-0.1, -0.05) is 5.16 Å². The highest BCUT2D eigenvalue weighted by molar-refractivity contribution is 5.92. The van der Waals surface area contributed by atoms with E-state index in [-0.39, 0.29) is 18.1 Å². The fourth-order valence-corrected chi connectivity index (χ4v) is 3.38. The zero-order chi connectivity index (χ0) is 22.8. The molecule has 10 nitrogen and oxygen atoms in total. The predicted molar refractivity (Wildman–Crippen MR) is 117 cm³/mol. The normalized spacial score (nSPS) is 13.0. The summed E-state index contributed by atoms with van der Waals surface area (Å²) in [5.41, 5.74) is 1.81. The molecule has 3 aromatic heterocycles. The lowest BCUT2D eigenvalue weighted by Gasteiger charge is -2.11. The number of pyridine rings is 1. The van der Waals surface area contributed by atoms with Crippen molar-refractivity contribution in [1.82, 2.24) is 30.0 Å². The predicted octanol–water partition coefficient (Wildman–Crippen LogP) is 3.14. The number of benzene rings is 1. The van der Waals surface area contributed by atoms with E-state index in [1.165, 1.54) is 0 Å². The SMILES string of the molecule is COc1ccc(OC)c(CNC(=O)c2cn(-c3ccc(-c4nc(C5CC5)no4)cn3)cn2)c1. The van der Waals surface area contributed by atoms with Gasteiger partial charge in [0.2, 0.25) is 0 Å². The lowest BCUT2D eigenvalue weighted by atomic mass is 10.2. The second kappa shape index (κ2) is 8.73. The molecular weight excluding hydrogens is 424 g/mol. The van der Waals surface area contributed by atoms with Gasteiger partial charge in [-0.05, 0) is 43.2 Å². The van der Waals surface area contributed by atoms with Crippen LogP contribution in [0.5, 0.6) is 11.5 Å². The van der Waals surface area contributed by atoms with Gasteiger partial charge in [0.05, 0.1) is 19.8 Å². The molecule has 168 valence electrons. The van der Waals surface area contributed by atoms with E-state index >= 15 is 0 Å². The van der Waals surface area contributed by atoms with Crippen molar-refractivity contribution < 1.29 is 18.8 Å². The molecule has 0 saturated heterocycles. The number of nitrogens with one attached hydrogen (secondary N) is 1. The van der Waals surface area contributed by atoms with Crippen LogP contribution in [-0.4, -0.2) is 44.8 Å². The quantitative estimate of drug-likeness (QED) is 0.439. The van der Waals surface area contributed by atoms with Crippen LogP contribution in [0.2, 0.25) is 0 Å². The van der Waals surface area contributed by atoms with E-state index in [1.54, 1.807) is 55.7 Å². The number of carbonyl (C=O) groups is 1. The smallest absolute Gasteiger partial charge is 0.271 e. The first-order valence-corrected chi connectivity index (χ1v) is 10.5. The minimum atomic E-state index is -0.311. The third-order valence-corrected chi connectivity index (χ3v) is 5.39. The van der Waals surface area contributed by atoms with Crippen LogP contribution in [0.1, 0.15) is 40.6 Å². The van der Waals surface area contributed by atoms with Gasteiger partial charge in [-0.3, -0.25) is 9.36 Å². The molecule has 1 N–H and O–H groups in total. The molecule has 4 aromatic rings. The van der Waals surface area contributed by atoms with Gasteiger partial charge in [-0.15, -0.1) is 0 Å². The Labute approximate surface area is 189 Å². The number of nitrogens with zero attached hydrogens (tertiary/aromatic N) is 5. The van der Waals surface area contributed by atoms with Gasteiger partial charge < -0.3 is 19.3 Å². The van der Waals surface area contributed by atoms with Crippen LogP contribution in [0.4, 0.5) is 0 Å². The fraction of sp³-hybridized carbons (Fsp3) is 0.261. The van der Waals surface area contributed by atoms with Crippen molar-refractivity contribution in [3.05, 3.63) is 66.1 Å². The summed E-state index contributed by atoms with van der Waals surface area (Å²) in [5.74, 6) is 3.28. The molecule has 1 aromatic carbocycles. The number of hydrogen-bond donors (Lipinski definition) is 1. The molecule has 0 atom stereocenters. The van der Waals surface area contributed by atoms with Gasteiger partial charge in [-0.25, -0.2) is 9.97 Å². The molecule has 3 heterocycles. The minimum absolute atomic E-state index is 0.270.